The molecule has 0 aromatic rings. The molecule has 0 aromatic carbocycles. The van der Waals surface area contributed by atoms with E-state index >= 15 is 0 Å². The van der Waals surface area contributed by atoms with Gasteiger partial charge in [-0.15, -0.1) is 0 Å². The second kappa shape index (κ2) is 4.21. The van der Waals surface area contributed by atoms with E-state index in [1.165, 1.54) is 0 Å². The van der Waals surface area contributed by atoms with E-state index in [1.807, 2.05) is 0 Å². The SMILES string of the molecule is O=C1CC(O)(C(=O)O)CC(=O)[O][Pb][O]1. The van der Waals surface area contributed by atoms with E-state index in [1.54, 1.807) is 0 Å². The Labute approximate surface area is 91.5 Å². The van der Waals surface area contributed by atoms with Crippen molar-refractivity contribution in [1.29, 1.82) is 0 Å². The van der Waals surface area contributed by atoms with Gasteiger partial charge in [0.05, 0.1) is 0 Å². The average molecular weight is 397 g/mol. The minimum atomic E-state index is -2.40. The third kappa shape index (κ3) is 2.64. The topological polar surface area (TPSA) is 110 Å². The number of aliphatic hydroxyl groups is 1. The molecule has 76 valence electrons. The second-order valence-electron chi connectivity index (χ2n) is 2.72. The van der Waals surface area contributed by atoms with Crippen molar-refractivity contribution < 1.29 is 30.0 Å². The number of hydrogen-bond acceptors (Lipinski definition) is 6. The molecule has 2 radical (unpaired) electrons. The van der Waals surface area contributed by atoms with Gasteiger partial charge in [0.1, 0.15) is 0 Å². The summed E-state index contributed by atoms with van der Waals surface area (Å²) < 4.78 is 8.98. The predicted octanol–water partition coefficient (Wildman–Crippen LogP) is -1.78. The number of rotatable bonds is 1. The van der Waals surface area contributed by atoms with Crippen molar-refractivity contribution in [2.24, 2.45) is 0 Å². The van der Waals surface area contributed by atoms with Crippen molar-refractivity contribution in [3.63, 3.8) is 0 Å². The Morgan fingerprint density at radius 1 is 1.29 bits per heavy atom. The van der Waals surface area contributed by atoms with E-state index in [4.69, 9.17) is 5.11 Å². The van der Waals surface area contributed by atoms with Crippen LogP contribution in [0.3, 0.4) is 0 Å². The van der Waals surface area contributed by atoms with Crippen LogP contribution in [0.4, 0.5) is 0 Å². The zero-order chi connectivity index (χ0) is 10.8. The van der Waals surface area contributed by atoms with Crippen LogP contribution in [0.2, 0.25) is 0 Å². The number of carbonyl (C=O) groups excluding carboxylic acids is 2. The molecule has 1 rings (SSSR count). The first kappa shape index (κ1) is 11.4. The van der Waals surface area contributed by atoms with Gasteiger partial charge >= 0.3 is 91.5 Å². The quantitative estimate of drug-likeness (QED) is 0.503. The monoisotopic (exact) mass is 398 g/mol. The molecule has 0 aromatic heterocycles. The molecule has 0 unspecified atom stereocenters. The summed E-state index contributed by atoms with van der Waals surface area (Å²) in [7, 11) is 0. The predicted molar refractivity (Wildman–Crippen MR) is 39.8 cm³/mol. The zero-order valence-electron chi connectivity index (χ0n) is 6.85. The molecule has 1 saturated heterocycles. The average Bonchev–Trinajstić information content (AvgIpc) is 2.00. The van der Waals surface area contributed by atoms with E-state index in [0.717, 1.165) is 0 Å². The second-order valence-corrected chi connectivity index (χ2v) is 4.96. The Morgan fingerprint density at radius 2 is 1.71 bits per heavy atom. The summed E-state index contributed by atoms with van der Waals surface area (Å²) in [6.45, 7) is 0. The van der Waals surface area contributed by atoms with E-state index in [2.05, 4.69) is 5.37 Å². The molecule has 7 nitrogen and oxygen atoms in total. The molecule has 0 aliphatic carbocycles. The first-order valence-electron chi connectivity index (χ1n) is 3.54. The molecular weight excluding hydrogens is 391 g/mol. The summed E-state index contributed by atoms with van der Waals surface area (Å²) >= 11 is -2.19. The van der Waals surface area contributed by atoms with Crippen molar-refractivity contribution in [2.75, 3.05) is 0 Å². The van der Waals surface area contributed by atoms with Crippen molar-refractivity contribution in [2.45, 2.75) is 18.4 Å². The summed E-state index contributed by atoms with van der Waals surface area (Å²) in [5.74, 6) is -3.32. The van der Waals surface area contributed by atoms with Crippen LogP contribution in [-0.2, 0) is 19.8 Å². The van der Waals surface area contributed by atoms with Crippen molar-refractivity contribution in [1.82, 2.24) is 0 Å². The van der Waals surface area contributed by atoms with Crippen LogP contribution in [0.25, 0.3) is 0 Å². The summed E-state index contributed by atoms with van der Waals surface area (Å²) in [5, 5.41) is 18.0. The zero-order valence-corrected chi connectivity index (χ0v) is 10.7. The van der Waals surface area contributed by atoms with Gasteiger partial charge in [-0.25, -0.2) is 0 Å². The van der Waals surface area contributed by atoms with Crippen molar-refractivity contribution in [3.8, 4) is 0 Å². The van der Waals surface area contributed by atoms with Crippen LogP contribution in [0.1, 0.15) is 12.8 Å². The molecule has 1 fully saturated rings. The van der Waals surface area contributed by atoms with Gasteiger partial charge in [0.2, 0.25) is 0 Å². The van der Waals surface area contributed by atoms with E-state index in [9.17, 15) is 19.5 Å². The van der Waals surface area contributed by atoms with Crippen molar-refractivity contribution >= 4 is 43.0 Å². The van der Waals surface area contributed by atoms with Crippen molar-refractivity contribution in [3.05, 3.63) is 0 Å². The molecular formula is C6H6O7Pb. The molecule has 1 heterocycles. The van der Waals surface area contributed by atoms with Gasteiger partial charge in [0, 0.05) is 0 Å². The number of carboxylic acid groups (broad SMARTS) is 1. The summed E-state index contributed by atoms with van der Waals surface area (Å²) in [4.78, 5) is 32.3. The fourth-order valence-electron chi connectivity index (χ4n) is 0.877. The summed E-state index contributed by atoms with van der Waals surface area (Å²) in [6, 6.07) is 0. The number of aliphatic carboxylic acids is 1. The summed E-state index contributed by atoms with van der Waals surface area (Å²) in [6.07, 6.45) is -1.44. The molecule has 2 N–H and O–H groups in total. The molecule has 8 heteroatoms. The molecule has 0 atom stereocenters. The molecule has 14 heavy (non-hydrogen) atoms. The third-order valence-electron chi connectivity index (χ3n) is 1.58. The Kier molecular flexibility index (Phi) is 3.42. The van der Waals surface area contributed by atoms with Gasteiger partial charge in [-0.2, -0.15) is 0 Å². The van der Waals surface area contributed by atoms with Crippen LogP contribution in [0.5, 0.6) is 0 Å². The van der Waals surface area contributed by atoms with Gasteiger partial charge in [-0.1, -0.05) is 0 Å². The van der Waals surface area contributed by atoms with Gasteiger partial charge in [-0.3, -0.25) is 0 Å². The van der Waals surface area contributed by atoms with Crippen LogP contribution in [-0.4, -0.2) is 58.9 Å². The standard InChI is InChI=1S/C6H8O7.Pb/c7-3(8)1-6(13,5(11)12)2-4(9)10;/h13H,1-2H2,(H,7,8)(H,9,10)(H,11,12);/q;+2/p-2. The van der Waals surface area contributed by atoms with Gasteiger partial charge in [0.25, 0.3) is 0 Å². The number of carbonyl (C=O) groups is 3. The Balaban J connectivity index is 2.84. The Hall–Kier alpha value is -0.708. The first-order valence-corrected chi connectivity index (χ1v) is 6.71. The van der Waals surface area contributed by atoms with Crippen LogP contribution in [0, 0.1) is 0 Å². The Bertz CT molecular complexity index is 268. The van der Waals surface area contributed by atoms with Crippen LogP contribution < -0.4 is 0 Å². The Morgan fingerprint density at radius 3 is 2.07 bits per heavy atom. The molecule has 0 spiro atoms. The molecule has 0 amide bonds. The van der Waals surface area contributed by atoms with Crippen LogP contribution in [0.15, 0.2) is 0 Å². The molecule has 1 aliphatic rings. The maximum atomic E-state index is 10.9. The summed E-state index contributed by atoms with van der Waals surface area (Å²) in [5.41, 5.74) is -2.40. The molecule has 0 bridgehead atoms. The number of hydrogen-bond donors (Lipinski definition) is 2. The fraction of sp³-hybridized carbons (Fsp3) is 0.500. The van der Waals surface area contributed by atoms with Gasteiger partial charge in [0.15, 0.2) is 0 Å². The third-order valence-corrected chi connectivity index (χ3v) is 4.00. The van der Waals surface area contributed by atoms with E-state index < -0.39 is 61.5 Å². The van der Waals surface area contributed by atoms with Crippen LogP contribution >= 0.6 is 0 Å². The van der Waals surface area contributed by atoms with E-state index in [0.29, 0.717) is 0 Å². The maximum absolute atomic E-state index is 10.9. The molecule has 1 aliphatic heterocycles. The first-order chi connectivity index (χ1) is 6.44. The normalized spacial score (nSPS) is 21.5. The van der Waals surface area contributed by atoms with E-state index in [-0.39, 0.29) is 0 Å². The minimum absolute atomic E-state index is 0.718. The fourth-order valence-corrected chi connectivity index (χ4v) is 2.32. The van der Waals surface area contributed by atoms with Gasteiger partial charge in [-0.05, 0) is 0 Å². The number of carboxylic acids is 1. The molecule has 0 saturated carbocycles. The van der Waals surface area contributed by atoms with Gasteiger partial charge < -0.3 is 0 Å².